The van der Waals surface area contributed by atoms with Crippen LogP contribution in [0.3, 0.4) is 0 Å². The molecular formula is C13H13N3O3S. The van der Waals surface area contributed by atoms with Gasteiger partial charge in [-0.3, -0.25) is 0 Å². The summed E-state index contributed by atoms with van der Waals surface area (Å²) in [5.74, 6) is 0.317. The Morgan fingerprint density at radius 1 is 1.35 bits per heavy atom. The van der Waals surface area contributed by atoms with Gasteiger partial charge >= 0.3 is 0 Å². The van der Waals surface area contributed by atoms with E-state index in [2.05, 4.69) is 9.88 Å². The van der Waals surface area contributed by atoms with E-state index >= 15 is 0 Å². The molecule has 0 saturated heterocycles. The second-order valence-electron chi connectivity index (χ2n) is 4.32. The predicted octanol–water partition coefficient (Wildman–Crippen LogP) is 1.47. The van der Waals surface area contributed by atoms with Gasteiger partial charge in [-0.2, -0.15) is 5.26 Å². The van der Waals surface area contributed by atoms with Crippen molar-refractivity contribution < 1.29 is 12.9 Å². The fourth-order valence-electron chi connectivity index (χ4n) is 1.63. The van der Waals surface area contributed by atoms with Crippen molar-refractivity contribution >= 4 is 10.0 Å². The lowest BCUT2D eigenvalue weighted by Gasteiger charge is -2.05. The quantitative estimate of drug-likeness (QED) is 0.900. The maximum absolute atomic E-state index is 11.9. The Kier molecular flexibility index (Phi) is 4.17. The Bertz CT molecular complexity index is 727. The number of nitrogens with zero attached hydrogens (tertiary/aromatic N) is 2. The summed E-state index contributed by atoms with van der Waals surface area (Å²) >= 11 is 0. The molecule has 0 bridgehead atoms. The van der Waals surface area contributed by atoms with Crippen molar-refractivity contribution in [1.29, 1.82) is 5.26 Å². The molecule has 1 aromatic heterocycles. The first kappa shape index (κ1) is 14.2. The summed E-state index contributed by atoms with van der Waals surface area (Å²) in [7, 11) is -3.46. The summed E-state index contributed by atoms with van der Waals surface area (Å²) in [6.07, 6.45) is 0. The molecule has 0 aliphatic heterocycles. The topological polar surface area (TPSA) is 96.0 Å². The number of aryl methyl sites for hydroxylation is 1. The predicted molar refractivity (Wildman–Crippen MR) is 71.9 cm³/mol. The Labute approximate surface area is 117 Å². The summed E-state index contributed by atoms with van der Waals surface area (Å²) in [6.45, 7) is 1.83. The maximum Gasteiger partial charge on any atom is 0.216 e. The molecule has 0 aliphatic carbocycles. The minimum atomic E-state index is -3.46. The van der Waals surface area contributed by atoms with Crippen molar-refractivity contribution in [2.75, 3.05) is 0 Å². The van der Waals surface area contributed by atoms with Crippen molar-refractivity contribution in [2.24, 2.45) is 0 Å². The van der Waals surface area contributed by atoms with Crippen molar-refractivity contribution in [2.45, 2.75) is 19.2 Å². The molecule has 1 heterocycles. The molecule has 1 N–H and O–H groups in total. The van der Waals surface area contributed by atoms with Crippen molar-refractivity contribution in [1.82, 2.24) is 9.88 Å². The highest BCUT2D eigenvalue weighted by atomic mass is 32.2. The van der Waals surface area contributed by atoms with Crippen LogP contribution in [0.5, 0.6) is 0 Å². The van der Waals surface area contributed by atoms with Gasteiger partial charge in [0.1, 0.15) is 0 Å². The average Bonchev–Trinajstić information content (AvgIpc) is 2.83. The Balaban J connectivity index is 1.98. The molecule has 6 nitrogen and oxygen atoms in total. The van der Waals surface area contributed by atoms with Crippen LogP contribution in [0.15, 0.2) is 34.9 Å². The van der Waals surface area contributed by atoms with Crippen LogP contribution >= 0.6 is 0 Å². The van der Waals surface area contributed by atoms with E-state index in [0.29, 0.717) is 22.6 Å². The second-order valence-corrected chi connectivity index (χ2v) is 6.13. The number of sulfonamides is 1. The van der Waals surface area contributed by atoms with Crippen molar-refractivity contribution in [3.05, 3.63) is 52.9 Å². The number of nitrogens with one attached hydrogen (secondary N) is 1. The number of rotatable bonds is 5. The van der Waals surface area contributed by atoms with Crippen LogP contribution in [0.2, 0.25) is 0 Å². The fourth-order valence-corrected chi connectivity index (χ4v) is 2.72. The summed E-state index contributed by atoms with van der Waals surface area (Å²) in [6, 6.07) is 10.1. The smallest absolute Gasteiger partial charge is 0.216 e. The second kappa shape index (κ2) is 5.86. The number of aromatic nitrogens is 1. The minimum absolute atomic E-state index is 0.0689. The summed E-state index contributed by atoms with van der Waals surface area (Å²) < 4.78 is 31.2. The number of hydrogen-bond donors (Lipinski definition) is 1. The molecule has 0 radical (unpaired) electrons. The monoisotopic (exact) mass is 291 g/mol. The highest BCUT2D eigenvalue weighted by molar-refractivity contribution is 7.88. The molecule has 0 unspecified atom stereocenters. The first-order valence-electron chi connectivity index (χ1n) is 5.87. The normalized spacial score (nSPS) is 11.2. The molecule has 0 atom stereocenters. The summed E-state index contributed by atoms with van der Waals surface area (Å²) in [5.41, 5.74) is 1.81. The van der Waals surface area contributed by atoms with E-state index in [0.717, 1.165) is 0 Å². The molecule has 104 valence electrons. The van der Waals surface area contributed by atoms with E-state index in [1.165, 1.54) is 0 Å². The van der Waals surface area contributed by atoms with Crippen LogP contribution in [0.4, 0.5) is 0 Å². The van der Waals surface area contributed by atoms with Crippen LogP contribution in [0.1, 0.15) is 22.6 Å². The molecule has 20 heavy (non-hydrogen) atoms. The summed E-state index contributed by atoms with van der Waals surface area (Å²) in [4.78, 5) is 0. The maximum atomic E-state index is 11.9. The first-order chi connectivity index (χ1) is 9.48. The van der Waals surface area contributed by atoms with Gasteiger partial charge < -0.3 is 4.52 Å². The largest absolute Gasteiger partial charge is 0.360 e. The van der Waals surface area contributed by atoms with E-state index in [4.69, 9.17) is 9.78 Å². The number of benzene rings is 1. The third-order valence-corrected chi connectivity index (χ3v) is 3.88. The molecule has 0 amide bonds. The zero-order valence-electron chi connectivity index (χ0n) is 10.8. The lowest BCUT2D eigenvalue weighted by atomic mass is 10.2. The van der Waals surface area contributed by atoms with Gasteiger partial charge in [-0.05, 0) is 24.6 Å². The standard InChI is InChI=1S/C13H13N3O3S/c1-10-6-13(19-16-10)8-15-20(17,18)9-12-4-2-11(7-14)3-5-12/h2-6,15H,8-9H2,1H3. The van der Waals surface area contributed by atoms with Gasteiger partial charge in [0.15, 0.2) is 5.76 Å². The third kappa shape index (κ3) is 3.91. The van der Waals surface area contributed by atoms with Gasteiger partial charge in [-0.1, -0.05) is 17.3 Å². The van der Waals surface area contributed by atoms with Gasteiger partial charge in [0.05, 0.1) is 29.6 Å². The molecule has 7 heteroatoms. The van der Waals surface area contributed by atoms with Crippen LogP contribution in [0, 0.1) is 18.3 Å². The highest BCUT2D eigenvalue weighted by Gasteiger charge is 2.12. The van der Waals surface area contributed by atoms with Gasteiger partial charge in [0.25, 0.3) is 0 Å². The first-order valence-corrected chi connectivity index (χ1v) is 7.52. The van der Waals surface area contributed by atoms with Gasteiger partial charge in [0, 0.05) is 6.07 Å². The van der Waals surface area contributed by atoms with E-state index in [1.54, 1.807) is 37.3 Å². The van der Waals surface area contributed by atoms with Crippen LogP contribution in [0.25, 0.3) is 0 Å². The lowest BCUT2D eigenvalue weighted by molar-refractivity contribution is 0.377. The van der Waals surface area contributed by atoms with E-state index in [-0.39, 0.29) is 12.3 Å². The average molecular weight is 291 g/mol. The zero-order chi connectivity index (χ0) is 14.6. The molecular weight excluding hydrogens is 278 g/mol. The molecule has 0 spiro atoms. The van der Waals surface area contributed by atoms with Crippen molar-refractivity contribution in [3.63, 3.8) is 0 Å². The third-order valence-electron chi connectivity index (χ3n) is 2.58. The lowest BCUT2D eigenvalue weighted by Crippen LogP contribution is -2.24. The molecule has 1 aromatic carbocycles. The van der Waals surface area contributed by atoms with Gasteiger partial charge in [-0.15, -0.1) is 0 Å². The molecule has 0 saturated carbocycles. The van der Waals surface area contributed by atoms with E-state index in [9.17, 15) is 8.42 Å². The van der Waals surface area contributed by atoms with Gasteiger partial charge in [0.2, 0.25) is 10.0 Å². The highest BCUT2D eigenvalue weighted by Crippen LogP contribution is 2.08. The van der Waals surface area contributed by atoms with Crippen LogP contribution in [-0.2, 0) is 22.3 Å². The Hall–Kier alpha value is -2.17. The van der Waals surface area contributed by atoms with E-state index in [1.807, 2.05) is 6.07 Å². The number of nitriles is 1. The fraction of sp³-hybridized carbons (Fsp3) is 0.231. The molecule has 2 aromatic rings. The summed E-state index contributed by atoms with van der Waals surface area (Å²) in [5, 5.41) is 12.4. The molecule has 2 rings (SSSR count). The van der Waals surface area contributed by atoms with E-state index < -0.39 is 10.0 Å². The Morgan fingerprint density at radius 2 is 2.05 bits per heavy atom. The number of hydrogen-bond acceptors (Lipinski definition) is 5. The van der Waals surface area contributed by atoms with Crippen LogP contribution in [-0.4, -0.2) is 13.6 Å². The molecule has 0 fully saturated rings. The SMILES string of the molecule is Cc1cc(CNS(=O)(=O)Cc2ccc(C#N)cc2)on1. The van der Waals surface area contributed by atoms with Crippen LogP contribution < -0.4 is 4.72 Å². The zero-order valence-corrected chi connectivity index (χ0v) is 11.6. The minimum Gasteiger partial charge on any atom is -0.360 e. The molecule has 0 aliphatic rings. The van der Waals surface area contributed by atoms with Crippen molar-refractivity contribution in [3.8, 4) is 6.07 Å². The Morgan fingerprint density at radius 3 is 2.60 bits per heavy atom. The van der Waals surface area contributed by atoms with Gasteiger partial charge in [-0.25, -0.2) is 13.1 Å².